The van der Waals surface area contributed by atoms with Gasteiger partial charge >= 0.3 is 0 Å². The van der Waals surface area contributed by atoms with Gasteiger partial charge < -0.3 is 0 Å². The summed E-state index contributed by atoms with van der Waals surface area (Å²) in [7, 11) is -3.80. The molecule has 1 aromatic heterocycles. The molecule has 1 aliphatic heterocycles. The second kappa shape index (κ2) is 7.23. The zero-order valence-corrected chi connectivity index (χ0v) is 16.9. The molecule has 1 atom stereocenters. The van der Waals surface area contributed by atoms with Gasteiger partial charge in [-0.05, 0) is 38.0 Å². The van der Waals surface area contributed by atoms with E-state index in [4.69, 9.17) is 0 Å². The molecule has 0 amide bonds. The highest BCUT2D eigenvalue weighted by Crippen LogP contribution is 2.35. The molecule has 3 aromatic rings. The number of piperidine rings is 1. The van der Waals surface area contributed by atoms with Crippen molar-refractivity contribution in [2.45, 2.75) is 30.6 Å². The van der Waals surface area contributed by atoms with Crippen LogP contribution in [0.3, 0.4) is 0 Å². The zero-order valence-electron chi connectivity index (χ0n) is 15.2. The Bertz CT molecular complexity index is 1120. The van der Waals surface area contributed by atoms with Crippen molar-refractivity contribution in [1.29, 1.82) is 0 Å². The maximum absolute atomic E-state index is 13.1. The summed E-state index contributed by atoms with van der Waals surface area (Å²) in [5.74, 6) is 0.0290. The predicted molar refractivity (Wildman–Crippen MR) is 108 cm³/mol. The molecule has 0 radical (unpaired) electrons. The van der Waals surface area contributed by atoms with E-state index < -0.39 is 14.9 Å². The summed E-state index contributed by atoms with van der Waals surface area (Å²) < 4.78 is 28.7. The molecule has 1 aliphatic rings. The number of fused-ring (bicyclic) bond motifs is 1. The van der Waals surface area contributed by atoms with Crippen LogP contribution in [0.2, 0.25) is 0 Å². The number of benzene rings is 2. The maximum Gasteiger partial charge on any atom is 0.273 e. The maximum atomic E-state index is 13.1. The number of sulfonamides is 1. The third-order valence-corrected chi connectivity index (χ3v) is 8.12. The Balaban J connectivity index is 1.63. The lowest BCUT2D eigenvalue weighted by Crippen LogP contribution is -2.39. The fraction of sp³-hybridized carbons (Fsp3) is 0.316. The first-order valence-corrected chi connectivity index (χ1v) is 11.2. The number of aryl methyl sites for hydroxylation is 1. The number of nitro benzene ring substituents is 1. The summed E-state index contributed by atoms with van der Waals surface area (Å²) in [5, 5.41) is 12.1. The van der Waals surface area contributed by atoms with Gasteiger partial charge in [0.1, 0.15) is 0 Å². The molecule has 28 heavy (non-hydrogen) atoms. The molecular formula is C19H19N3O4S2. The molecule has 0 saturated carbocycles. The number of rotatable bonds is 4. The standard InChI is InChI=1S/C19H19N3O4S2/c1-13-8-9-15(11-17(13)22(23)24)28(25,26)21-10-4-5-14(12-21)19-20-16-6-2-3-7-18(16)27-19/h2-3,6-9,11,14H,4-5,10,12H2,1H3/t14-/m0/s1. The van der Waals surface area contributed by atoms with Crippen LogP contribution in [-0.2, 0) is 10.0 Å². The quantitative estimate of drug-likeness (QED) is 0.471. The minimum atomic E-state index is -3.80. The van der Waals surface area contributed by atoms with Gasteiger partial charge in [-0.25, -0.2) is 13.4 Å². The molecule has 0 aliphatic carbocycles. The first-order valence-electron chi connectivity index (χ1n) is 8.97. The van der Waals surface area contributed by atoms with E-state index >= 15 is 0 Å². The third-order valence-electron chi connectivity index (χ3n) is 5.06. The van der Waals surface area contributed by atoms with E-state index in [1.165, 1.54) is 16.4 Å². The van der Waals surface area contributed by atoms with Crippen LogP contribution in [0.15, 0.2) is 47.4 Å². The summed E-state index contributed by atoms with van der Waals surface area (Å²) in [6.07, 6.45) is 1.60. The van der Waals surface area contributed by atoms with Crippen molar-refractivity contribution in [1.82, 2.24) is 9.29 Å². The van der Waals surface area contributed by atoms with Crippen molar-refractivity contribution in [3.63, 3.8) is 0 Å². The van der Waals surface area contributed by atoms with Crippen LogP contribution in [-0.4, -0.2) is 35.7 Å². The van der Waals surface area contributed by atoms with E-state index in [0.29, 0.717) is 18.7 Å². The molecule has 4 rings (SSSR count). The van der Waals surface area contributed by atoms with Crippen molar-refractivity contribution in [3.8, 4) is 0 Å². The lowest BCUT2D eigenvalue weighted by molar-refractivity contribution is -0.385. The summed E-state index contributed by atoms with van der Waals surface area (Å²) in [5.41, 5.74) is 1.19. The predicted octanol–water partition coefficient (Wildman–Crippen LogP) is 4.08. The molecule has 0 bridgehead atoms. The molecule has 1 saturated heterocycles. The van der Waals surface area contributed by atoms with Gasteiger partial charge in [0.2, 0.25) is 10.0 Å². The normalized spacial score (nSPS) is 18.4. The summed E-state index contributed by atoms with van der Waals surface area (Å²) >= 11 is 1.60. The van der Waals surface area contributed by atoms with Crippen molar-refractivity contribution in [2.24, 2.45) is 0 Å². The third kappa shape index (κ3) is 3.41. The number of nitrogens with zero attached hydrogens (tertiary/aromatic N) is 3. The van der Waals surface area contributed by atoms with Crippen LogP contribution in [0.25, 0.3) is 10.2 Å². The largest absolute Gasteiger partial charge is 0.273 e. The Hall–Kier alpha value is -2.36. The van der Waals surface area contributed by atoms with E-state index in [9.17, 15) is 18.5 Å². The number of hydrogen-bond acceptors (Lipinski definition) is 6. The highest BCUT2D eigenvalue weighted by atomic mass is 32.2. The van der Waals surface area contributed by atoms with Crippen molar-refractivity contribution >= 4 is 37.3 Å². The SMILES string of the molecule is Cc1ccc(S(=O)(=O)N2CCC[C@H](c3nc4ccccc4s3)C2)cc1[N+](=O)[O-]. The summed E-state index contributed by atoms with van der Waals surface area (Å²) in [6, 6.07) is 12.0. The number of thiazole rings is 1. The average molecular weight is 418 g/mol. The molecule has 0 unspecified atom stereocenters. The molecule has 0 spiro atoms. The first kappa shape index (κ1) is 19.0. The van der Waals surface area contributed by atoms with Gasteiger partial charge in [-0.3, -0.25) is 10.1 Å². The van der Waals surface area contributed by atoms with Crippen LogP contribution in [0.1, 0.15) is 29.3 Å². The smallest absolute Gasteiger partial charge is 0.258 e. The van der Waals surface area contributed by atoms with Crippen molar-refractivity contribution in [3.05, 3.63) is 63.1 Å². The first-order chi connectivity index (χ1) is 13.4. The Labute approximate surface area is 166 Å². The number of hydrogen-bond donors (Lipinski definition) is 0. The average Bonchev–Trinajstić information content (AvgIpc) is 3.12. The second-order valence-corrected chi connectivity index (χ2v) is 9.93. The zero-order chi connectivity index (χ0) is 19.9. The van der Waals surface area contributed by atoms with Crippen molar-refractivity contribution in [2.75, 3.05) is 13.1 Å². The van der Waals surface area contributed by atoms with Gasteiger partial charge in [-0.15, -0.1) is 11.3 Å². The highest BCUT2D eigenvalue weighted by molar-refractivity contribution is 7.89. The number of para-hydroxylation sites is 1. The van der Waals surface area contributed by atoms with Gasteiger partial charge in [0.05, 0.1) is 25.0 Å². The van der Waals surface area contributed by atoms with E-state index in [1.54, 1.807) is 18.3 Å². The van der Waals surface area contributed by atoms with E-state index in [-0.39, 0.29) is 16.5 Å². The number of aromatic nitrogens is 1. The summed E-state index contributed by atoms with van der Waals surface area (Å²) in [6.45, 7) is 2.34. The fourth-order valence-corrected chi connectivity index (χ4v) is 6.16. The van der Waals surface area contributed by atoms with Gasteiger partial charge in [0.25, 0.3) is 5.69 Å². The van der Waals surface area contributed by atoms with Crippen LogP contribution in [0.5, 0.6) is 0 Å². The van der Waals surface area contributed by atoms with Gasteiger partial charge in [0, 0.05) is 30.6 Å². The summed E-state index contributed by atoms with van der Waals surface area (Å²) in [4.78, 5) is 15.3. The molecule has 9 heteroatoms. The Morgan fingerprint density at radius 1 is 1.25 bits per heavy atom. The van der Waals surface area contributed by atoms with Crippen molar-refractivity contribution < 1.29 is 13.3 Å². The Morgan fingerprint density at radius 3 is 2.79 bits per heavy atom. The van der Waals surface area contributed by atoms with Gasteiger partial charge in [-0.1, -0.05) is 18.2 Å². The van der Waals surface area contributed by atoms with E-state index in [2.05, 4.69) is 4.98 Å². The number of nitro groups is 1. The molecule has 2 heterocycles. The molecule has 7 nitrogen and oxygen atoms in total. The van der Waals surface area contributed by atoms with Crippen LogP contribution >= 0.6 is 11.3 Å². The fourth-order valence-electron chi connectivity index (χ4n) is 3.52. The van der Waals surface area contributed by atoms with Gasteiger partial charge in [-0.2, -0.15) is 4.31 Å². The minimum Gasteiger partial charge on any atom is -0.258 e. The van der Waals surface area contributed by atoms with E-state index in [1.807, 2.05) is 24.3 Å². The second-order valence-electron chi connectivity index (χ2n) is 6.93. The minimum absolute atomic E-state index is 0.0290. The van der Waals surface area contributed by atoms with Crippen LogP contribution in [0, 0.1) is 17.0 Å². The molecular weight excluding hydrogens is 398 g/mol. The Kier molecular flexibility index (Phi) is 4.90. The molecule has 0 N–H and O–H groups in total. The molecule has 146 valence electrons. The molecule has 1 fully saturated rings. The Morgan fingerprint density at radius 2 is 2.04 bits per heavy atom. The van der Waals surface area contributed by atoms with Gasteiger partial charge in [0.15, 0.2) is 0 Å². The van der Waals surface area contributed by atoms with E-state index in [0.717, 1.165) is 34.1 Å². The highest BCUT2D eigenvalue weighted by Gasteiger charge is 2.33. The lowest BCUT2D eigenvalue weighted by Gasteiger charge is -2.31. The van der Waals surface area contributed by atoms with Crippen LogP contribution < -0.4 is 0 Å². The molecule has 2 aromatic carbocycles. The van der Waals surface area contributed by atoms with Crippen LogP contribution in [0.4, 0.5) is 5.69 Å². The monoisotopic (exact) mass is 417 g/mol. The lowest BCUT2D eigenvalue weighted by atomic mass is 10.0. The topological polar surface area (TPSA) is 93.4 Å².